The molecule has 2 aromatic carbocycles. The second kappa shape index (κ2) is 18.3. The Morgan fingerprint density at radius 3 is 2.52 bits per heavy atom. The molecule has 344 valence electrons. The van der Waals surface area contributed by atoms with Crippen LogP contribution in [0.3, 0.4) is 0 Å². The highest BCUT2D eigenvalue weighted by Gasteiger charge is 2.43. The summed E-state index contributed by atoms with van der Waals surface area (Å²) >= 11 is 6.58. The van der Waals surface area contributed by atoms with E-state index in [1.807, 2.05) is 32.0 Å². The predicted octanol–water partition coefficient (Wildman–Crippen LogP) is 5.14. The third-order valence-electron chi connectivity index (χ3n) is 13.5. The molecule has 2 aromatic heterocycles. The molecule has 9 rings (SSSR count). The second-order valence-corrected chi connectivity index (χ2v) is 18.3. The van der Waals surface area contributed by atoms with Crippen LogP contribution in [0.4, 0.5) is 26.2 Å². The van der Waals surface area contributed by atoms with Crippen LogP contribution in [0.25, 0.3) is 10.9 Å². The molecule has 16 nitrogen and oxygen atoms in total. The van der Waals surface area contributed by atoms with Crippen LogP contribution in [0.15, 0.2) is 47.4 Å². The van der Waals surface area contributed by atoms with Crippen molar-refractivity contribution in [1.29, 1.82) is 0 Å². The Labute approximate surface area is 379 Å². The Balaban J connectivity index is 0.756. The third kappa shape index (κ3) is 8.99. The Kier molecular flexibility index (Phi) is 12.5. The number of amides is 4. The number of alkyl halides is 1. The molecule has 4 aromatic rings. The van der Waals surface area contributed by atoms with Gasteiger partial charge in [-0.1, -0.05) is 11.6 Å². The zero-order valence-corrected chi connectivity index (χ0v) is 37.2. The van der Waals surface area contributed by atoms with Crippen molar-refractivity contribution < 1.29 is 37.4 Å². The molecule has 0 radical (unpaired) electrons. The van der Waals surface area contributed by atoms with Gasteiger partial charge >= 0.3 is 0 Å². The van der Waals surface area contributed by atoms with Crippen LogP contribution >= 0.6 is 11.6 Å². The molecule has 0 bridgehead atoms. The standard InChI is InChI=1S/C46H52ClF2N9O7/c1-24(2)58-37-5-4-27(14-26(37)17-39(45(58)63)64-23-41(60)50-3)52-42-34(47)20-51-46(54-42)55-11-8-29(9-12-55)65-30-18-28(19-30)56-13-10-31(36(49)22-56)25-15-32-33(35(48)16-25)21-57(44(32)62)38-6-7-40(59)53-43(38)61/h4-5,14-17,20,24,28-31,36,38H,6-13,18-19,21-23H2,1-3H3,(H,50,60)(H,51,52,54)(H,53,59,61)/t28?,30?,31-,36+,38-/m1/s1. The zero-order chi connectivity index (χ0) is 45.7. The summed E-state index contributed by atoms with van der Waals surface area (Å²) in [5.41, 5.74) is 1.89. The van der Waals surface area contributed by atoms with E-state index in [2.05, 4.69) is 30.7 Å². The Morgan fingerprint density at radius 2 is 1.80 bits per heavy atom. The highest BCUT2D eigenvalue weighted by Crippen LogP contribution is 2.40. The van der Waals surface area contributed by atoms with Crippen molar-refractivity contribution in [2.45, 2.75) is 108 Å². The van der Waals surface area contributed by atoms with Crippen LogP contribution in [0.2, 0.25) is 5.02 Å². The van der Waals surface area contributed by atoms with Crippen LogP contribution in [0.1, 0.15) is 92.2 Å². The summed E-state index contributed by atoms with van der Waals surface area (Å²) in [5.74, 6) is -1.88. The lowest BCUT2D eigenvalue weighted by Crippen LogP contribution is -2.54. The van der Waals surface area contributed by atoms with Gasteiger partial charge in [0.25, 0.3) is 17.4 Å². The van der Waals surface area contributed by atoms with Crippen LogP contribution in [0.5, 0.6) is 5.75 Å². The zero-order valence-electron chi connectivity index (χ0n) is 36.5. The molecule has 4 fully saturated rings. The number of nitrogens with one attached hydrogen (secondary N) is 3. The summed E-state index contributed by atoms with van der Waals surface area (Å²) in [5, 5.41) is 9.12. The lowest BCUT2D eigenvalue weighted by atomic mass is 9.82. The lowest BCUT2D eigenvalue weighted by molar-refractivity contribution is -0.137. The normalized spacial score (nSPS) is 24.0. The number of anilines is 3. The van der Waals surface area contributed by atoms with E-state index in [-0.39, 0.29) is 85.2 Å². The number of imide groups is 1. The molecule has 3 saturated heterocycles. The van der Waals surface area contributed by atoms with E-state index < -0.39 is 41.7 Å². The van der Waals surface area contributed by atoms with Crippen LogP contribution in [0, 0.1) is 5.82 Å². The quantitative estimate of drug-likeness (QED) is 0.160. The number of halogens is 3. The van der Waals surface area contributed by atoms with Gasteiger partial charge in [0, 0.05) is 73.3 Å². The van der Waals surface area contributed by atoms with Gasteiger partial charge in [-0.3, -0.25) is 34.2 Å². The minimum Gasteiger partial charge on any atom is -0.478 e. The number of hydrogen-bond donors (Lipinski definition) is 3. The number of pyridine rings is 1. The molecule has 1 aliphatic carbocycles. The first-order valence-corrected chi connectivity index (χ1v) is 22.7. The van der Waals surface area contributed by atoms with Crippen molar-refractivity contribution >= 4 is 63.6 Å². The monoisotopic (exact) mass is 915 g/mol. The molecule has 19 heteroatoms. The van der Waals surface area contributed by atoms with E-state index in [4.69, 9.17) is 26.1 Å². The van der Waals surface area contributed by atoms with E-state index >= 15 is 8.78 Å². The number of likely N-dealkylation sites (N-methyl/N-ethyl adjacent to an activating group) is 1. The average Bonchev–Trinajstić information content (AvgIpc) is 3.60. The van der Waals surface area contributed by atoms with Gasteiger partial charge in [-0.15, -0.1) is 0 Å². The fourth-order valence-electron chi connectivity index (χ4n) is 9.86. The molecular weight excluding hydrogens is 864 g/mol. The first-order chi connectivity index (χ1) is 31.2. The minimum atomic E-state index is -1.24. The van der Waals surface area contributed by atoms with Gasteiger partial charge in [-0.25, -0.2) is 13.8 Å². The fourth-order valence-corrected chi connectivity index (χ4v) is 10.0. The minimum absolute atomic E-state index is 0.0627. The molecule has 65 heavy (non-hydrogen) atoms. The number of carbonyl (C=O) groups excluding carboxylic acids is 4. The average molecular weight is 916 g/mol. The first kappa shape index (κ1) is 44.5. The number of aromatic nitrogens is 3. The highest BCUT2D eigenvalue weighted by molar-refractivity contribution is 6.33. The topological polar surface area (TPSA) is 180 Å². The molecule has 5 aliphatic rings. The van der Waals surface area contributed by atoms with Crippen molar-refractivity contribution in [3.8, 4) is 5.75 Å². The Morgan fingerprint density at radius 1 is 1.02 bits per heavy atom. The molecule has 0 unspecified atom stereocenters. The van der Waals surface area contributed by atoms with Gasteiger partial charge in [0.2, 0.25) is 17.8 Å². The number of likely N-dealkylation sites (tertiary alicyclic amines) is 1. The Bertz CT molecular complexity index is 2600. The van der Waals surface area contributed by atoms with Crippen molar-refractivity contribution in [3.63, 3.8) is 0 Å². The van der Waals surface area contributed by atoms with Crippen molar-refractivity contribution in [2.24, 2.45) is 0 Å². The van der Waals surface area contributed by atoms with E-state index in [0.29, 0.717) is 59.6 Å². The van der Waals surface area contributed by atoms with E-state index in [1.165, 1.54) is 18.0 Å². The molecule has 6 heterocycles. The number of ether oxygens (including phenoxy) is 2. The van der Waals surface area contributed by atoms with Crippen LogP contribution in [-0.4, -0.2) is 118 Å². The molecule has 4 aliphatic heterocycles. The maximum Gasteiger partial charge on any atom is 0.293 e. The van der Waals surface area contributed by atoms with E-state index in [1.54, 1.807) is 22.9 Å². The SMILES string of the molecule is CNC(=O)COc1cc2cc(Nc3nc(N4CCC(OC5CC(N6CC[C@H](c7cc(F)c8c(c7)C(=O)N([C@@H]7CCC(=O)NC7=O)C8)[C@@H](F)C6)C5)CC4)ncc3Cl)ccc2n(C(C)C)c1=O. The number of rotatable bonds is 12. The summed E-state index contributed by atoms with van der Waals surface area (Å²) in [6, 6.07) is 9.31. The van der Waals surface area contributed by atoms with Gasteiger partial charge in [0.05, 0.1) is 30.5 Å². The van der Waals surface area contributed by atoms with Crippen LogP contribution < -0.4 is 31.1 Å². The van der Waals surface area contributed by atoms with Crippen LogP contribution in [-0.2, 0) is 25.7 Å². The number of benzene rings is 2. The molecular formula is C46H52ClF2N9O7. The second-order valence-electron chi connectivity index (χ2n) is 17.9. The largest absolute Gasteiger partial charge is 0.478 e. The molecule has 0 spiro atoms. The smallest absolute Gasteiger partial charge is 0.293 e. The van der Waals surface area contributed by atoms with Crippen molar-refractivity contribution in [3.05, 3.63) is 80.5 Å². The fraction of sp³-hybridized carbons (Fsp3) is 0.500. The summed E-state index contributed by atoms with van der Waals surface area (Å²) < 4.78 is 45.1. The van der Waals surface area contributed by atoms with Gasteiger partial charge in [0.15, 0.2) is 18.2 Å². The maximum absolute atomic E-state index is 15.9. The van der Waals surface area contributed by atoms with Crippen molar-refractivity contribution in [2.75, 3.05) is 50.1 Å². The molecule has 4 amide bonds. The number of carbonyl (C=O) groups is 4. The summed E-state index contributed by atoms with van der Waals surface area (Å²) in [6.07, 6.45) is 4.42. The first-order valence-electron chi connectivity index (χ1n) is 22.3. The van der Waals surface area contributed by atoms with E-state index in [9.17, 15) is 24.0 Å². The third-order valence-corrected chi connectivity index (χ3v) is 13.7. The van der Waals surface area contributed by atoms with Gasteiger partial charge < -0.3 is 34.5 Å². The number of piperidine rings is 3. The maximum atomic E-state index is 15.9. The number of nitrogens with zero attached hydrogens (tertiary/aromatic N) is 6. The molecule has 3 N–H and O–H groups in total. The van der Waals surface area contributed by atoms with Gasteiger partial charge in [-0.2, -0.15) is 4.98 Å². The predicted molar refractivity (Wildman–Crippen MR) is 238 cm³/mol. The van der Waals surface area contributed by atoms with E-state index in [0.717, 1.165) is 31.1 Å². The number of hydrogen-bond acceptors (Lipinski definition) is 12. The summed E-state index contributed by atoms with van der Waals surface area (Å²) in [6.45, 7) is 5.69. The number of fused-ring (bicyclic) bond motifs is 2. The lowest BCUT2D eigenvalue weighted by Gasteiger charge is -2.47. The summed E-state index contributed by atoms with van der Waals surface area (Å²) in [4.78, 5) is 77.4. The molecule has 3 atom stereocenters. The van der Waals surface area contributed by atoms with Crippen molar-refractivity contribution in [1.82, 2.24) is 35.0 Å². The highest BCUT2D eigenvalue weighted by atomic mass is 35.5. The Hall–Kier alpha value is -5.72. The molecule has 1 saturated carbocycles. The summed E-state index contributed by atoms with van der Waals surface area (Å²) in [7, 11) is 1.50. The van der Waals surface area contributed by atoms with Gasteiger partial charge in [0.1, 0.15) is 23.1 Å². The van der Waals surface area contributed by atoms with Gasteiger partial charge in [-0.05, 0) is 101 Å².